The fourth-order valence-electron chi connectivity index (χ4n) is 3.88. The second kappa shape index (κ2) is 5.17. The summed E-state index contributed by atoms with van der Waals surface area (Å²) < 4.78 is 0. The molecular weight excluding hydrogens is 226 g/mol. The lowest BCUT2D eigenvalue weighted by atomic mass is 10.0. The maximum absolute atomic E-state index is 12.4. The maximum Gasteiger partial charge on any atom is 0.227 e. The van der Waals surface area contributed by atoms with Crippen molar-refractivity contribution < 1.29 is 4.79 Å². The van der Waals surface area contributed by atoms with Gasteiger partial charge in [-0.25, -0.2) is 0 Å². The Morgan fingerprint density at radius 3 is 2.44 bits per heavy atom. The van der Waals surface area contributed by atoms with Crippen LogP contribution in [0.2, 0.25) is 0 Å². The standard InChI is InChI=1S/C14H25N3O/c15-13-5-3-4-12(13)14(18)17-9-6-11(10-17)16-7-1-2-8-16/h11-13H,1-10,15H2/t11-,12-,13+/m0/s1. The van der Waals surface area contributed by atoms with Crippen LogP contribution in [0.4, 0.5) is 0 Å². The predicted molar refractivity (Wildman–Crippen MR) is 71.1 cm³/mol. The molecule has 0 unspecified atom stereocenters. The number of carbonyl (C=O) groups excluding carboxylic acids is 1. The van der Waals surface area contributed by atoms with Gasteiger partial charge in [-0.05, 0) is 45.2 Å². The average Bonchev–Trinajstić information content (AvgIpc) is 3.09. The molecule has 3 fully saturated rings. The number of carbonyl (C=O) groups is 1. The topological polar surface area (TPSA) is 49.6 Å². The number of rotatable bonds is 2. The highest BCUT2D eigenvalue weighted by Crippen LogP contribution is 2.28. The molecular formula is C14H25N3O. The summed E-state index contributed by atoms with van der Waals surface area (Å²) in [6.45, 7) is 4.36. The minimum atomic E-state index is 0.113. The summed E-state index contributed by atoms with van der Waals surface area (Å²) in [5, 5.41) is 0. The van der Waals surface area contributed by atoms with Crippen LogP contribution in [-0.2, 0) is 4.79 Å². The minimum Gasteiger partial charge on any atom is -0.341 e. The van der Waals surface area contributed by atoms with E-state index in [1.807, 2.05) is 0 Å². The zero-order valence-electron chi connectivity index (χ0n) is 11.2. The summed E-state index contributed by atoms with van der Waals surface area (Å²) in [5.41, 5.74) is 6.05. The summed E-state index contributed by atoms with van der Waals surface area (Å²) in [4.78, 5) is 17.1. The molecule has 1 amide bonds. The molecule has 3 rings (SSSR count). The Labute approximate surface area is 109 Å². The number of nitrogens with two attached hydrogens (primary N) is 1. The first kappa shape index (κ1) is 12.4. The lowest BCUT2D eigenvalue weighted by Crippen LogP contribution is -2.42. The molecule has 18 heavy (non-hydrogen) atoms. The fraction of sp³-hybridized carbons (Fsp3) is 0.929. The Balaban J connectivity index is 1.56. The van der Waals surface area contributed by atoms with Gasteiger partial charge in [0.1, 0.15) is 0 Å². The van der Waals surface area contributed by atoms with Crippen LogP contribution in [0.3, 0.4) is 0 Å². The van der Waals surface area contributed by atoms with Crippen molar-refractivity contribution in [2.75, 3.05) is 26.2 Å². The van der Waals surface area contributed by atoms with Crippen molar-refractivity contribution in [3.8, 4) is 0 Å². The van der Waals surface area contributed by atoms with Crippen LogP contribution in [0.5, 0.6) is 0 Å². The van der Waals surface area contributed by atoms with Crippen LogP contribution in [0, 0.1) is 5.92 Å². The van der Waals surface area contributed by atoms with Gasteiger partial charge in [-0.15, -0.1) is 0 Å². The van der Waals surface area contributed by atoms with Gasteiger partial charge >= 0.3 is 0 Å². The van der Waals surface area contributed by atoms with E-state index >= 15 is 0 Å². The molecule has 0 aromatic rings. The minimum absolute atomic E-state index is 0.113. The van der Waals surface area contributed by atoms with Gasteiger partial charge in [0.2, 0.25) is 5.91 Å². The second-order valence-electron chi connectivity index (χ2n) is 6.17. The third-order valence-electron chi connectivity index (χ3n) is 5.02. The van der Waals surface area contributed by atoms with Crippen LogP contribution >= 0.6 is 0 Å². The van der Waals surface area contributed by atoms with Crippen molar-refractivity contribution in [1.82, 2.24) is 9.80 Å². The first-order valence-corrected chi connectivity index (χ1v) is 7.54. The summed E-state index contributed by atoms with van der Waals surface area (Å²) >= 11 is 0. The van der Waals surface area contributed by atoms with E-state index in [4.69, 9.17) is 5.73 Å². The molecule has 3 aliphatic rings. The van der Waals surface area contributed by atoms with Crippen molar-refractivity contribution >= 4 is 5.91 Å². The lowest BCUT2D eigenvalue weighted by Gasteiger charge is -2.26. The molecule has 0 radical (unpaired) electrons. The largest absolute Gasteiger partial charge is 0.341 e. The molecule has 3 atom stereocenters. The van der Waals surface area contributed by atoms with Crippen molar-refractivity contribution in [3.05, 3.63) is 0 Å². The van der Waals surface area contributed by atoms with Gasteiger partial charge in [0.25, 0.3) is 0 Å². The van der Waals surface area contributed by atoms with E-state index in [0.29, 0.717) is 11.9 Å². The van der Waals surface area contributed by atoms with Gasteiger partial charge in [-0.1, -0.05) is 6.42 Å². The van der Waals surface area contributed by atoms with E-state index in [0.717, 1.165) is 38.8 Å². The predicted octanol–water partition coefficient (Wildman–Crippen LogP) is 0.810. The van der Waals surface area contributed by atoms with E-state index in [1.165, 1.54) is 25.9 Å². The fourth-order valence-corrected chi connectivity index (χ4v) is 3.88. The summed E-state index contributed by atoms with van der Waals surface area (Å²) in [6.07, 6.45) is 6.98. The maximum atomic E-state index is 12.4. The van der Waals surface area contributed by atoms with Crippen LogP contribution in [0.1, 0.15) is 38.5 Å². The Kier molecular flexibility index (Phi) is 3.57. The quantitative estimate of drug-likeness (QED) is 0.790. The molecule has 1 saturated carbocycles. The normalized spacial score (nSPS) is 37.6. The van der Waals surface area contributed by atoms with Gasteiger partial charge in [0.15, 0.2) is 0 Å². The highest BCUT2D eigenvalue weighted by Gasteiger charge is 2.37. The van der Waals surface area contributed by atoms with E-state index in [1.54, 1.807) is 0 Å². The smallest absolute Gasteiger partial charge is 0.227 e. The zero-order valence-corrected chi connectivity index (χ0v) is 11.2. The Bertz CT molecular complexity index is 314. The van der Waals surface area contributed by atoms with Crippen LogP contribution < -0.4 is 5.73 Å². The monoisotopic (exact) mass is 251 g/mol. The molecule has 4 nitrogen and oxygen atoms in total. The lowest BCUT2D eigenvalue weighted by molar-refractivity contribution is -0.134. The summed E-state index contributed by atoms with van der Waals surface area (Å²) in [7, 11) is 0. The second-order valence-corrected chi connectivity index (χ2v) is 6.17. The Hall–Kier alpha value is -0.610. The molecule has 2 heterocycles. The van der Waals surface area contributed by atoms with Crippen molar-refractivity contribution in [1.29, 1.82) is 0 Å². The Morgan fingerprint density at radius 1 is 1.00 bits per heavy atom. The van der Waals surface area contributed by atoms with Crippen molar-refractivity contribution in [3.63, 3.8) is 0 Å². The third kappa shape index (κ3) is 2.28. The van der Waals surface area contributed by atoms with Gasteiger partial charge in [-0.2, -0.15) is 0 Å². The number of hydrogen-bond donors (Lipinski definition) is 1. The number of amides is 1. The molecule has 102 valence electrons. The molecule has 1 aliphatic carbocycles. The molecule has 0 aromatic carbocycles. The first-order valence-electron chi connectivity index (χ1n) is 7.54. The molecule has 2 N–H and O–H groups in total. The molecule has 4 heteroatoms. The van der Waals surface area contributed by atoms with Gasteiger partial charge < -0.3 is 10.6 Å². The van der Waals surface area contributed by atoms with Crippen LogP contribution in [0.25, 0.3) is 0 Å². The van der Waals surface area contributed by atoms with E-state index in [2.05, 4.69) is 9.80 Å². The van der Waals surface area contributed by atoms with Gasteiger partial charge in [0, 0.05) is 25.2 Å². The SMILES string of the molecule is N[C@@H]1CCC[C@@H]1C(=O)N1CC[C@H](N2CCCC2)C1. The molecule has 0 aromatic heterocycles. The van der Waals surface area contributed by atoms with E-state index < -0.39 is 0 Å². The molecule has 0 bridgehead atoms. The zero-order chi connectivity index (χ0) is 12.5. The van der Waals surface area contributed by atoms with Crippen LogP contribution in [-0.4, -0.2) is 54.0 Å². The summed E-state index contributed by atoms with van der Waals surface area (Å²) in [6, 6.07) is 0.734. The van der Waals surface area contributed by atoms with E-state index in [-0.39, 0.29) is 12.0 Å². The average molecular weight is 251 g/mol. The van der Waals surface area contributed by atoms with Crippen LogP contribution in [0.15, 0.2) is 0 Å². The Morgan fingerprint density at radius 2 is 1.78 bits per heavy atom. The van der Waals surface area contributed by atoms with Gasteiger partial charge in [0.05, 0.1) is 5.92 Å². The summed E-state index contributed by atoms with van der Waals surface area (Å²) in [5.74, 6) is 0.448. The first-order chi connectivity index (χ1) is 8.75. The highest BCUT2D eigenvalue weighted by molar-refractivity contribution is 5.80. The molecule has 2 aliphatic heterocycles. The third-order valence-corrected chi connectivity index (χ3v) is 5.02. The number of likely N-dealkylation sites (tertiary alicyclic amines) is 2. The number of hydrogen-bond acceptors (Lipinski definition) is 3. The van der Waals surface area contributed by atoms with Gasteiger partial charge in [-0.3, -0.25) is 9.69 Å². The number of nitrogens with zero attached hydrogens (tertiary/aromatic N) is 2. The highest BCUT2D eigenvalue weighted by atomic mass is 16.2. The van der Waals surface area contributed by atoms with E-state index in [9.17, 15) is 4.79 Å². The van der Waals surface area contributed by atoms with Crippen molar-refractivity contribution in [2.24, 2.45) is 11.7 Å². The molecule has 2 saturated heterocycles. The molecule has 0 spiro atoms. The van der Waals surface area contributed by atoms with Crippen molar-refractivity contribution in [2.45, 2.75) is 50.6 Å².